The van der Waals surface area contributed by atoms with E-state index in [1.165, 1.54) is 15.6 Å². The SMILES string of the molecule is CC(CO)NC1CCc2c(Br)cccc21. The minimum absolute atomic E-state index is 0.167. The molecule has 2 atom stereocenters. The fourth-order valence-corrected chi connectivity index (χ4v) is 2.76. The molecule has 1 aliphatic rings. The third kappa shape index (κ3) is 2.25. The molecule has 2 N–H and O–H groups in total. The Kier molecular flexibility index (Phi) is 3.44. The largest absolute Gasteiger partial charge is 0.395 e. The van der Waals surface area contributed by atoms with Gasteiger partial charge in [-0.1, -0.05) is 28.1 Å². The van der Waals surface area contributed by atoms with Gasteiger partial charge in [-0.2, -0.15) is 0 Å². The minimum atomic E-state index is 0.167. The predicted octanol–water partition coefficient (Wildman–Crippen LogP) is 2.41. The van der Waals surface area contributed by atoms with Crippen molar-refractivity contribution in [1.82, 2.24) is 5.32 Å². The summed E-state index contributed by atoms with van der Waals surface area (Å²) in [5.41, 5.74) is 2.80. The smallest absolute Gasteiger partial charge is 0.0582 e. The number of aliphatic hydroxyl groups excluding tert-OH is 1. The molecule has 0 aromatic heterocycles. The lowest BCUT2D eigenvalue weighted by atomic mass is 10.1. The number of fused-ring (bicyclic) bond motifs is 1. The second-order valence-electron chi connectivity index (χ2n) is 4.15. The van der Waals surface area contributed by atoms with Crippen molar-refractivity contribution in [3.63, 3.8) is 0 Å². The Balaban J connectivity index is 2.18. The summed E-state index contributed by atoms with van der Waals surface area (Å²) < 4.78 is 1.21. The summed E-state index contributed by atoms with van der Waals surface area (Å²) in [5.74, 6) is 0. The summed E-state index contributed by atoms with van der Waals surface area (Å²) in [6.45, 7) is 2.20. The molecule has 2 rings (SSSR count). The Hall–Kier alpha value is -0.380. The van der Waals surface area contributed by atoms with Gasteiger partial charge in [0, 0.05) is 16.6 Å². The van der Waals surface area contributed by atoms with Crippen molar-refractivity contribution < 1.29 is 5.11 Å². The first-order chi connectivity index (χ1) is 7.22. The molecular formula is C12H16BrNO. The van der Waals surface area contributed by atoms with Crippen LogP contribution in [0, 0.1) is 0 Å². The van der Waals surface area contributed by atoms with Crippen LogP contribution in [0.5, 0.6) is 0 Å². The number of hydrogen-bond acceptors (Lipinski definition) is 2. The van der Waals surface area contributed by atoms with E-state index in [0.29, 0.717) is 6.04 Å². The molecule has 0 radical (unpaired) electrons. The lowest BCUT2D eigenvalue weighted by Crippen LogP contribution is -2.32. The number of halogens is 1. The van der Waals surface area contributed by atoms with E-state index in [1.807, 2.05) is 6.92 Å². The van der Waals surface area contributed by atoms with Crippen LogP contribution in [-0.2, 0) is 6.42 Å². The van der Waals surface area contributed by atoms with Gasteiger partial charge in [-0.15, -0.1) is 0 Å². The highest BCUT2D eigenvalue weighted by Crippen LogP contribution is 2.35. The van der Waals surface area contributed by atoms with Crippen LogP contribution in [-0.4, -0.2) is 17.8 Å². The summed E-state index contributed by atoms with van der Waals surface area (Å²) in [4.78, 5) is 0. The van der Waals surface area contributed by atoms with Crippen molar-refractivity contribution in [2.75, 3.05) is 6.61 Å². The average molecular weight is 270 g/mol. The molecule has 0 heterocycles. The molecule has 1 aromatic rings. The predicted molar refractivity (Wildman–Crippen MR) is 64.9 cm³/mol. The van der Waals surface area contributed by atoms with E-state index in [2.05, 4.69) is 39.4 Å². The highest BCUT2D eigenvalue weighted by molar-refractivity contribution is 9.10. The molecule has 0 fully saturated rings. The second kappa shape index (κ2) is 4.64. The van der Waals surface area contributed by atoms with Crippen LogP contribution in [0.15, 0.2) is 22.7 Å². The summed E-state index contributed by atoms with van der Waals surface area (Å²) in [6.07, 6.45) is 2.24. The van der Waals surface area contributed by atoms with Crippen molar-refractivity contribution in [2.24, 2.45) is 0 Å². The van der Waals surface area contributed by atoms with E-state index >= 15 is 0 Å². The molecule has 0 aliphatic heterocycles. The van der Waals surface area contributed by atoms with Crippen molar-refractivity contribution in [2.45, 2.75) is 31.8 Å². The highest BCUT2D eigenvalue weighted by atomic mass is 79.9. The van der Waals surface area contributed by atoms with E-state index in [1.54, 1.807) is 0 Å². The van der Waals surface area contributed by atoms with E-state index in [4.69, 9.17) is 5.11 Å². The molecule has 0 spiro atoms. The van der Waals surface area contributed by atoms with Crippen LogP contribution < -0.4 is 5.32 Å². The zero-order valence-electron chi connectivity index (χ0n) is 8.83. The fourth-order valence-electron chi connectivity index (χ4n) is 2.18. The van der Waals surface area contributed by atoms with Crippen molar-refractivity contribution >= 4 is 15.9 Å². The molecule has 1 aliphatic carbocycles. The van der Waals surface area contributed by atoms with Crippen molar-refractivity contribution in [3.8, 4) is 0 Å². The van der Waals surface area contributed by atoms with Crippen LogP contribution in [0.2, 0.25) is 0 Å². The molecule has 82 valence electrons. The molecular weight excluding hydrogens is 254 g/mol. The van der Waals surface area contributed by atoms with Crippen LogP contribution in [0.1, 0.15) is 30.5 Å². The van der Waals surface area contributed by atoms with Crippen LogP contribution in [0.3, 0.4) is 0 Å². The van der Waals surface area contributed by atoms with Gasteiger partial charge in [0.15, 0.2) is 0 Å². The number of aliphatic hydroxyl groups is 1. The third-order valence-corrected chi connectivity index (χ3v) is 3.72. The molecule has 1 aromatic carbocycles. The Labute approximate surface area is 98.8 Å². The minimum Gasteiger partial charge on any atom is -0.395 e. The second-order valence-corrected chi connectivity index (χ2v) is 5.00. The zero-order valence-corrected chi connectivity index (χ0v) is 10.4. The maximum atomic E-state index is 9.03. The molecule has 0 bridgehead atoms. The summed E-state index contributed by atoms with van der Waals surface area (Å²) in [5, 5.41) is 12.5. The maximum Gasteiger partial charge on any atom is 0.0582 e. The van der Waals surface area contributed by atoms with E-state index in [0.717, 1.165) is 12.8 Å². The lowest BCUT2D eigenvalue weighted by molar-refractivity contribution is 0.240. The summed E-state index contributed by atoms with van der Waals surface area (Å²) >= 11 is 3.58. The van der Waals surface area contributed by atoms with Gasteiger partial charge in [-0.05, 0) is 37.0 Å². The molecule has 2 unspecified atom stereocenters. The zero-order chi connectivity index (χ0) is 10.8. The van der Waals surface area contributed by atoms with Gasteiger partial charge in [0.05, 0.1) is 6.61 Å². The monoisotopic (exact) mass is 269 g/mol. The van der Waals surface area contributed by atoms with Gasteiger partial charge in [0.1, 0.15) is 0 Å². The summed E-state index contributed by atoms with van der Waals surface area (Å²) in [7, 11) is 0. The van der Waals surface area contributed by atoms with Crippen molar-refractivity contribution in [1.29, 1.82) is 0 Å². The quantitative estimate of drug-likeness (QED) is 0.884. The molecule has 2 nitrogen and oxygen atoms in total. The number of rotatable bonds is 3. The van der Waals surface area contributed by atoms with Crippen LogP contribution in [0.4, 0.5) is 0 Å². The molecule has 3 heteroatoms. The van der Waals surface area contributed by atoms with Gasteiger partial charge in [-0.3, -0.25) is 0 Å². The Morgan fingerprint density at radius 3 is 3.13 bits per heavy atom. The van der Waals surface area contributed by atoms with Crippen molar-refractivity contribution in [3.05, 3.63) is 33.8 Å². The third-order valence-electron chi connectivity index (χ3n) is 2.97. The van der Waals surface area contributed by atoms with Crippen LogP contribution >= 0.6 is 15.9 Å². The van der Waals surface area contributed by atoms with E-state index in [9.17, 15) is 0 Å². The maximum absolute atomic E-state index is 9.03. The Morgan fingerprint density at radius 2 is 2.40 bits per heavy atom. The first-order valence-corrected chi connectivity index (χ1v) is 6.16. The van der Waals surface area contributed by atoms with Crippen LogP contribution in [0.25, 0.3) is 0 Å². The van der Waals surface area contributed by atoms with E-state index < -0.39 is 0 Å². The average Bonchev–Trinajstić information content (AvgIpc) is 2.63. The fraction of sp³-hybridized carbons (Fsp3) is 0.500. The summed E-state index contributed by atoms with van der Waals surface area (Å²) in [6, 6.07) is 6.91. The number of nitrogens with one attached hydrogen (secondary N) is 1. The lowest BCUT2D eigenvalue weighted by Gasteiger charge is -2.18. The normalized spacial score (nSPS) is 21.4. The molecule has 0 amide bonds. The number of hydrogen-bond donors (Lipinski definition) is 2. The molecule has 15 heavy (non-hydrogen) atoms. The van der Waals surface area contributed by atoms with Gasteiger partial charge in [0.25, 0.3) is 0 Å². The van der Waals surface area contributed by atoms with Gasteiger partial charge >= 0.3 is 0 Å². The Bertz CT molecular complexity index is 353. The standard InChI is InChI=1S/C12H16BrNO/c1-8(7-15)14-12-6-5-9-10(12)3-2-4-11(9)13/h2-4,8,12,14-15H,5-7H2,1H3. The van der Waals surface area contributed by atoms with E-state index in [-0.39, 0.29) is 12.6 Å². The highest BCUT2D eigenvalue weighted by Gasteiger charge is 2.24. The number of benzene rings is 1. The molecule has 0 saturated heterocycles. The first kappa shape index (κ1) is 11.1. The topological polar surface area (TPSA) is 32.3 Å². The van der Waals surface area contributed by atoms with Gasteiger partial charge in [0.2, 0.25) is 0 Å². The first-order valence-electron chi connectivity index (χ1n) is 5.36. The van der Waals surface area contributed by atoms with Gasteiger partial charge < -0.3 is 10.4 Å². The molecule has 0 saturated carbocycles. The van der Waals surface area contributed by atoms with Gasteiger partial charge in [-0.25, -0.2) is 0 Å². The Morgan fingerprint density at radius 1 is 1.60 bits per heavy atom.